The fourth-order valence-electron chi connectivity index (χ4n) is 1.54. The Labute approximate surface area is 86.0 Å². The topological polar surface area (TPSA) is 33.1 Å². The minimum Gasteiger partial charge on any atom is -0.393 e. The Hall–Kier alpha value is -0.890. The van der Waals surface area contributed by atoms with Crippen molar-refractivity contribution in [2.45, 2.75) is 39.2 Å². The molecule has 2 heteroatoms. The van der Waals surface area contributed by atoms with E-state index in [1.54, 1.807) is 0 Å². The van der Waals surface area contributed by atoms with Gasteiger partial charge in [0.1, 0.15) is 0 Å². The van der Waals surface area contributed by atoms with Gasteiger partial charge in [-0.25, -0.2) is 0 Å². The van der Waals surface area contributed by atoms with Gasteiger partial charge >= 0.3 is 0 Å². The summed E-state index contributed by atoms with van der Waals surface area (Å²) < 4.78 is 0. The maximum absolute atomic E-state index is 9.59. The zero-order chi connectivity index (χ0) is 10.4. The maximum atomic E-state index is 9.59. The van der Waals surface area contributed by atoms with E-state index in [9.17, 15) is 5.11 Å². The predicted molar refractivity (Wildman–Crippen MR) is 58.0 cm³/mol. The quantitative estimate of drug-likeness (QED) is 0.779. The lowest BCUT2D eigenvalue weighted by Gasteiger charge is -2.16. The molecular formula is C12H19NO. The largest absolute Gasteiger partial charge is 0.393 e. The number of aryl methyl sites for hydroxylation is 1. The van der Waals surface area contributed by atoms with Crippen LogP contribution in [-0.4, -0.2) is 16.2 Å². The van der Waals surface area contributed by atoms with Gasteiger partial charge in [0.05, 0.1) is 6.10 Å². The smallest absolute Gasteiger partial charge is 0.0563 e. The summed E-state index contributed by atoms with van der Waals surface area (Å²) in [4.78, 5) is 3.97. The number of hydrogen-bond donors (Lipinski definition) is 1. The number of aliphatic hydroxyl groups is 1. The van der Waals surface area contributed by atoms with Crippen molar-refractivity contribution in [2.24, 2.45) is 5.92 Å². The van der Waals surface area contributed by atoms with Crippen LogP contribution in [0.2, 0.25) is 0 Å². The molecule has 2 unspecified atom stereocenters. The molecule has 2 nitrogen and oxygen atoms in total. The lowest BCUT2D eigenvalue weighted by molar-refractivity contribution is 0.108. The minimum absolute atomic E-state index is 0.156. The van der Waals surface area contributed by atoms with Crippen LogP contribution in [0.5, 0.6) is 0 Å². The van der Waals surface area contributed by atoms with E-state index >= 15 is 0 Å². The lowest BCUT2D eigenvalue weighted by atomic mass is 9.95. The number of aromatic nitrogens is 1. The number of rotatable bonds is 5. The monoisotopic (exact) mass is 193 g/mol. The summed E-state index contributed by atoms with van der Waals surface area (Å²) >= 11 is 0. The highest BCUT2D eigenvalue weighted by Crippen LogP contribution is 2.14. The van der Waals surface area contributed by atoms with Gasteiger partial charge in [0, 0.05) is 12.4 Å². The Bertz CT molecular complexity index is 248. The van der Waals surface area contributed by atoms with Crippen LogP contribution < -0.4 is 0 Å². The molecule has 0 spiro atoms. The third-order valence-corrected chi connectivity index (χ3v) is 2.71. The molecule has 0 aliphatic carbocycles. The van der Waals surface area contributed by atoms with Gasteiger partial charge in [0.2, 0.25) is 0 Å². The highest BCUT2D eigenvalue weighted by atomic mass is 16.3. The molecular weight excluding hydrogens is 174 g/mol. The number of nitrogens with zero attached hydrogens (tertiary/aromatic N) is 1. The zero-order valence-electron chi connectivity index (χ0n) is 8.98. The van der Waals surface area contributed by atoms with Gasteiger partial charge in [0.25, 0.3) is 0 Å². The molecule has 0 saturated heterocycles. The molecule has 2 atom stereocenters. The van der Waals surface area contributed by atoms with Gasteiger partial charge in [0.15, 0.2) is 0 Å². The molecule has 1 aromatic heterocycles. The van der Waals surface area contributed by atoms with Crippen molar-refractivity contribution in [3.63, 3.8) is 0 Å². The summed E-state index contributed by atoms with van der Waals surface area (Å²) in [6.45, 7) is 4.13. The van der Waals surface area contributed by atoms with Gasteiger partial charge < -0.3 is 5.11 Å². The van der Waals surface area contributed by atoms with Crippen molar-refractivity contribution in [1.29, 1.82) is 0 Å². The summed E-state index contributed by atoms with van der Waals surface area (Å²) in [6, 6.07) is 4.07. The highest BCUT2D eigenvalue weighted by Gasteiger charge is 2.11. The molecule has 0 radical (unpaired) electrons. The van der Waals surface area contributed by atoms with E-state index in [0.717, 1.165) is 19.3 Å². The van der Waals surface area contributed by atoms with Gasteiger partial charge in [-0.3, -0.25) is 4.98 Å². The van der Waals surface area contributed by atoms with E-state index in [1.807, 2.05) is 31.5 Å². The van der Waals surface area contributed by atoms with E-state index in [1.165, 1.54) is 5.56 Å². The molecule has 0 saturated carbocycles. The molecule has 14 heavy (non-hydrogen) atoms. The average Bonchev–Trinajstić information content (AvgIpc) is 2.26. The summed E-state index contributed by atoms with van der Waals surface area (Å²) in [7, 11) is 0. The van der Waals surface area contributed by atoms with E-state index in [-0.39, 0.29) is 6.10 Å². The SMILES string of the molecule is CCC(O)C(C)CCc1ccncc1. The molecule has 1 heterocycles. The third-order valence-electron chi connectivity index (χ3n) is 2.71. The van der Waals surface area contributed by atoms with Gasteiger partial charge in [-0.2, -0.15) is 0 Å². The van der Waals surface area contributed by atoms with E-state index in [0.29, 0.717) is 5.92 Å². The normalized spacial score (nSPS) is 15.1. The van der Waals surface area contributed by atoms with Crippen LogP contribution in [0.25, 0.3) is 0 Å². The van der Waals surface area contributed by atoms with Gasteiger partial charge in [-0.05, 0) is 42.9 Å². The second-order valence-electron chi connectivity index (χ2n) is 3.85. The number of hydrogen-bond acceptors (Lipinski definition) is 2. The van der Waals surface area contributed by atoms with Crippen molar-refractivity contribution in [1.82, 2.24) is 4.98 Å². The summed E-state index contributed by atoms with van der Waals surface area (Å²) in [5, 5.41) is 9.59. The van der Waals surface area contributed by atoms with E-state index in [4.69, 9.17) is 0 Å². The molecule has 0 bridgehead atoms. The fraction of sp³-hybridized carbons (Fsp3) is 0.583. The van der Waals surface area contributed by atoms with Crippen LogP contribution in [-0.2, 0) is 6.42 Å². The van der Waals surface area contributed by atoms with E-state index < -0.39 is 0 Å². The first kappa shape index (κ1) is 11.2. The molecule has 78 valence electrons. The van der Waals surface area contributed by atoms with Crippen molar-refractivity contribution >= 4 is 0 Å². The summed E-state index contributed by atoms with van der Waals surface area (Å²) in [6.07, 6.45) is 6.39. The standard InChI is InChI=1S/C12H19NO/c1-3-12(14)10(2)4-5-11-6-8-13-9-7-11/h6-10,12,14H,3-5H2,1-2H3. The van der Waals surface area contributed by atoms with Crippen molar-refractivity contribution in [2.75, 3.05) is 0 Å². The minimum atomic E-state index is -0.156. The Morgan fingerprint density at radius 1 is 1.36 bits per heavy atom. The number of pyridine rings is 1. The zero-order valence-corrected chi connectivity index (χ0v) is 8.98. The Balaban J connectivity index is 2.34. The first-order valence-corrected chi connectivity index (χ1v) is 5.31. The highest BCUT2D eigenvalue weighted by molar-refractivity contribution is 5.09. The van der Waals surface area contributed by atoms with Crippen LogP contribution in [0.15, 0.2) is 24.5 Å². The molecule has 0 aromatic carbocycles. The third kappa shape index (κ3) is 3.46. The first-order valence-electron chi connectivity index (χ1n) is 5.31. The molecule has 1 N–H and O–H groups in total. The second kappa shape index (κ2) is 5.76. The van der Waals surface area contributed by atoms with Crippen molar-refractivity contribution in [3.8, 4) is 0 Å². The molecule has 0 aliphatic rings. The average molecular weight is 193 g/mol. The van der Waals surface area contributed by atoms with Gasteiger partial charge in [-0.1, -0.05) is 13.8 Å². The Morgan fingerprint density at radius 3 is 2.57 bits per heavy atom. The fourth-order valence-corrected chi connectivity index (χ4v) is 1.54. The molecule has 1 aromatic rings. The number of aliphatic hydroxyl groups excluding tert-OH is 1. The van der Waals surface area contributed by atoms with Crippen LogP contribution in [0.4, 0.5) is 0 Å². The molecule has 1 rings (SSSR count). The lowest BCUT2D eigenvalue weighted by Crippen LogP contribution is -2.16. The van der Waals surface area contributed by atoms with Crippen molar-refractivity contribution < 1.29 is 5.11 Å². The van der Waals surface area contributed by atoms with Crippen molar-refractivity contribution in [3.05, 3.63) is 30.1 Å². The Kier molecular flexibility index (Phi) is 4.60. The molecule has 0 fully saturated rings. The first-order chi connectivity index (χ1) is 6.74. The maximum Gasteiger partial charge on any atom is 0.0563 e. The van der Waals surface area contributed by atoms with Crippen LogP contribution >= 0.6 is 0 Å². The Morgan fingerprint density at radius 2 is 2.00 bits per heavy atom. The van der Waals surface area contributed by atoms with E-state index in [2.05, 4.69) is 11.9 Å². The van der Waals surface area contributed by atoms with Crippen LogP contribution in [0, 0.1) is 5.92 Å². The van der Waals surface area contributed by atoms with Crippen LogP contribution in [0.1, 0.15) is 32.3 Å². The summed E-state index contributed by atoms with van der Waals surface area (Å²) in [5.74, 6) is 0.383. The predicted octanol–water partition coefficient (Wildman–Crippen LogP) is 2.42. The van der Waals surface area contributed by atoms with Gasteiger partial charge in [-0.15, -0.1) is 0 Å². The van der Waals surface area contributed by atoms with Crippen LogP contribution in [0.3, 0.4) is 0 Å². The molecule has 0 amide bonds. The summed E-state index contributed by atoms with van der Waals surface area (Å²) in [5.41, 5.74) is 1.30. The second-order valence-corrected chi connectivity index (χ2v) is 3.85. The molecule has 0 aliphatic heterocycles.